The monoisotopic (exact) mass is 388 g/mol. The minimum absolute atomic E-state index is 0.0479. The molecule has 0 bridgehead atoms. The zero-order chi connectivity index (χ0) is 17.3. The van der Waals surface area contributed by atoms with Crippen molar-refractivity contribution in [2.45, 2.75) is 13.8 Å². The number of amides is 2. The van der Waals surface area contributed by atoms with Gasteiger partial charge in [-0.05, 0) is 49.2 Å². The Hall–Kier alpha value is -2.34. The Labute approximate surface area is 148 Å². The number of benzene rings is 2. The maximum Gasteiger partial charge on any atom is 0.265 e. The van der Waals surface area contributed by atoms with Crippen LogP contribution in [0.5, 0.6) is 5.75 Å². The van der Waals surface area contributed by atoms with E-state index in [0.29, 0.717) is 11.4 Å². The topological polar surface area (TPSA) is 58.6 Å². The number of carbonyl (C=O) groups is 2. The average molecular weight is 389 g/mol. The van der Waals surface area contributed by atoms with E-state index in [9.17, 15) is 9.59 Å². The molecule has 0 saturated heterocycles. The van der Waals surface area contributed by atoms with Crippen LogP contribution in [0.3, 0.4) is 0 Å². The fourth-order valence-electron chi connectivity index (χ4n) is 2.58. The van der Waals surface area contributed by atoms with E-state index in [0.717, 1.165) is 21.3 Å². The number of carbonyl (C=O) groups excluding carboxylic acids is 2. The van der Waals surface area contributed by atoms with E-state index in [1.54, 1.807) is 12.1 Å². The Balaban J connectivity index is 1.78. The fraction of sp³-hybridized carbons (Fsp3) is 0.222. The molecule has 24 heavy (non-hydrogen) atoms. The molecule has 1 N–H and O–H groups in total. The van der Waals surface area contributed by atoms with Crippen molar-refractivity contribution in [3.63, 3.8) is 0 Å². The Kier molecular flexibility index (Phi) is 4.57. The summed E-state index contributed by atoms with van der Waals surface area (Å²) in [5.74, 6) is 0.137. The van der Waals surface area contributed by atoms with Crippen LogP contribution in [0.1, 0.15) is 11.1 Å². The van der Waals surface area contributed by atoms with Gasteiger partial charge in [-0.3, -0.25) is 14.5 Å². The molecule has 5 nitrogen and oxygen atoms in total. The summed E-state index contributed by atoms with van der Waals surface area (Å²) in [6.45, 7) is 3.83. The molecule has 0 atom stereocenters. The summed E-state index contributed by atoms with van der Waals surface area (Å²) in [5.41, 5.74) is 3.43. The van der Waals surface area contributed by atoms with Crippen LogP contribution in [0.2, 0.25) is 0 Å². The molecule has 1 aliphatic rings. The van der Waals surface area contributed by atoms with Crippen molar-refractivity contribution in [3.8, 4) is 5.75 Å². The highest BCUT2D eigenvalue weighted by Gasteiger charge is 2.27. The van der Waals surface area contributed by atoms with Gasteiger partial charge < -0.3 is 10.1 Å². The minimum atomic E-state index is -0.245. The number of anilines is 2. The molecule has 0 aromatic heterocycles. The average Bonchev–Trinajstić information content (AvgIpc) is 2.58. The standard InChI is InChI=1S/C18H17BrN2O3/c1-11-12(2)14(8-7-13(11)19)20-17(22)9-21-15-5-3-4-6-16(15)24-10-18(21)23/h3-8H,9-10H2,1-2H3,(H,20,22). The molecule has 6 heteroatoms. The first-order valence-corrected chi connectivity index (χ1v) is 8.34. The minimum Gasteiger partial charge on any atom is -0.482 e. The molecule has 0 unspecified atom stereocenters. The molecule has 2 amide bonds. The smallest absolute Gasteiger partial charge is 0.265 e. The number of fused-ring (bicyclic) bond motifs is 1. The van der Waals surface area contributed by atoms with Crippen LogP contribution in [0.15, 0.2) is 40.9 Å². The lowest BCUT2D eigenvalue weighted by atomic mass is 10.1. The van der Waals surface area contributed by atoms with Crippen molar-refractivity contribution >= 4 is 39.1 Å². The molecular formula is C18H17BrN2O3. The van der Waals surface area contributed by atoms with E-state index < -0.39 is 0 Å². The van der Waals surface area contributed by atoms with E-state index in [1.807, 2.05) is 38.1 Å². The number of para-hydroxylation sites is 2. The molecular weight excluding hydrogens is 372 g/mol. The van der Waals surface area contributed by atoms with Crippen molar-refractivity contribution in [1.29, 1.82) is 0 Å². The number of halogens is 1. The molecule has 0 spiro atoms. The van der Waals surface area contributed by atoms with Gasteiger partial charge in [0.15, 0.2) is 6.61 Å². The summed E-state index contributed by atoms with van der Waals surface area (Å²) >= 11 is 3.47. The Bertz CT molecular complexity index is 820. The fourth-order valence-corrected chi connectivity index (χ4v) is 3.01. The highest BCUT2D eigenvalue weighted by Crippen LogP contribution is 2.31. The second-order valence-electron chi connectivity index (χ2n) is 5.63. The molecule has 1 aliphatic heterocycles. The normalized spacial score (nSPS) is 13.3. The van der Waals surface area contributed by atoms with Crippen molar-refractivity contribution in [1.82, 2.24) is 0 Å². The number of ether oxygens (including phenoxy) is 1. The highest BCUT2D eigenvalue weighted by atomic mass is 79.9. The van der Waals surface area contributed by atoms with Gasteiger partial charge in [-0.15, -0.1) is 0 Å². The molecule has 0 radical (unpaired) electrons. The van der Waals surface area contributed by atoms with Gasteiger partial charge in [0.2, 0.25) is 5.91 Å². The zero-order valence-electron chi connectivity index (χ0n) is 13.4. The largest absolute Gasteiger partial charge is 0.482 e. The van der Waals surface area contributed by atoms with E-state index in [4.69, 9.17) is 4.74 Å². The zero-order valence-corrected chi connectivity index (χ0v) is 15.0. The lowest BCUT2D eigenvalue weighted by Gasteiger charge is -2.28. The van der Waals surface area contributed by atoms with Crippen LogP contribution in [0.25, 0.3) is 0 Å². The van der Waals surface area contributed by atoms with Crippen LogP contribution in [-0.2, 0) is 9.59 Å². The first-order chi connectivity index (χ1) is 11.5. The van der Waals surface area contributed by atoms with Gasteiger partial charge in [0, 0.05) is 10.2 Å². The molecule has 0 aliphatic carbocycles. The number of rotatable bonds is 3. The van der Waals surface area contributed by atoms with Crippen LogP contribution < -0.4 is 15.0 Å². The lowest BCUT2D eigenvalue weighted by molar-refractivity contribution is -0.123. The second-order valence-corrected chi connectivity index (χ2v) is 6.48. The maximum absolute atomic E-state index is 12.4. The first-order valence-electron chi connectivity index (χ1n) is 7.55. The lowest BCUT2D eigenvalue weighted by Crippen LogP contribution is -2.43. The van der Waals surface area contributed by atoms with Crippen LogP contribution in [0.4, 0.5) is 11.4 Å². The molecule has 124 valence electrons. The van der Waals surface area contributed by atoms with Crippen LogP contribution in [0, 0.1) is 13.8 Å². The van der Waals surface area contributed by atoms with Crippen molar-refractivity contribution < 1.29 is 14.3 Å². The van der Waals surface area contributed by atoms with Crippen molar-refractivity contribution in [2.75, 3.05) is 23.4 Å². The van der Waals surface area contributed by atoms with E-state index in [1.165, 1.54) is 4.90 Å². The van der Waals surface area contributed by atoms with Gasteiger partial charge in [-0.25, -0.2) is 0 Å². The van der Waals surface area contributed by atoms with Gasteiger partial charge >= 0.3 is 0 Å². The Morgan fingerprint density at radius 2 is 1.96 bits per heavy atom. The van der Waals surface area contributed by atoms with Gasteiger partial charge in [-0.1, -0.05) is 28.1 Å². The number of hydrogen-bond donors (Lipinski definition) is 1. The third kappa shape index (κ3) is 3.14. The summed E-state index contributed by atoms with van der Waals surface area (Å²) in [5, 5.41) is 2.88. The van der Waals surface area contributed by atoms with Gasteiger partial charge in [0.25, 0.3) is 5.91 Å². The predicted molar refractivity (Wildman–Crippen MR) is 96.5 cm³/mol. The molecule has 2 aromatic rings. The van der Waals surface area contributed by atoms with Gasteiger partial charge in [0.1, 0.15) is 12.3 Å². The summed E-state index contributed by atoms with van der Waals surface area (Å²) in [7, 11) is 0. The second kappa shape index (κ2) is 6.65. The third-order valence-electron chi connectivity index (χ3n) is 4.11. The maximum atomic E-state index is 12.4. The Morgan fingerprint density at radius 1 is 1.21 bits per heavy atom. The number of hydrogen-bond acceptors (Lipinski definition) is 3. The summed E-state index contributed by atoms with van der Waals surface area (Å²) in [6.07, 6.45) is 0. The number of nitrogens with one attached hydrogen (secondary N) is 1. The number of nitrogens with zero attached hydrogens (tertiary/aromatic N) is 1. The third-order valence-corrected chi connectivity index (χ3v) is 4.96. The highest BCUT2D eigenvalue weighted by molar-refractivity contribution is 9.10. The summed E-state index contributed by atoms with van der Waals surface area (Å²) < 4.78 is 6.38. The predicted octanol–water partition coefficient (Wildman–Crippen LogP) is 3.43. The van der Waals surface area contributed by atoms with Crippen molar-refractivity contribution in [2.24, 2.45) is 0 Å². The van der Waals surface area contributed by atoms with Crippen molar-refractivity contribution in [3.05, 3.63) is 52.0 Å². The SMILES string of the molecule is Cc1c(Br)ccc(NC(=O)CN2C(=O)COc3ccccc32)c1C. The van der Waals surface area contributed by atoms with Gasteiger partial charge in [-0.2, -0.15) is 0 Å². The van der Waals surface area contributed by atoms with Crippen LogP contribution >= 0.6 is 15.9 Å². The molecule has 3 rings (SSSR count). The molecule has 0 fully saturated rings. The Morgan fingerprint density at radius 3 is 2.75 bits per heavy atom. The molecule has 2 aromatic carbocycles. The van der Waals surface area contributed by atoms with E-state index in [-0.39, 0.29) is 25.0 Å². The van der Waals surface area contributed by atoms with Crippen LogP contribution in [-0.4, -0.2) is 25.0 Å². The first kappa shape index (κ1) is 16.5. The van der Waals surface area contributed by atoms with E-state index in [2.05, 4.69) is 21.2 Å². The summed E-state index contributed by atoms with van der Waals surface area (Å²) in [6, 6.07) is 10.9. The van der Waals surface area contributed by atoms with Gasteiger partial charge in [0.05, 0.1) is 5.69 Å². The molecule has 0 saturated carbocycles. The summed E-state index contributed by atoms with van der Waals surface area (Å²) in [4.78, 5) is 26.0. The van der Waals surface area contributed by atoms with E-state index >= 15 is 0 Å². The molecule has 1 heterocycles. The quantitative estimate of drug-likeness (QED) is 0.875.